The summed E-state index contributed by atoms with van der Waals surface area (Å²) in [4.78, 5) is 41.9. The van der Waals surface area contributed by atoms with Gasteiger partial charge in [-0.05, 0) is 50.1 Å². The van der Waals surface area contributed by atoms with Gasteiger partial charge < -0.3 is 25.2 Å². The van der Waals surface area contributed by atoms with Gasteiger partial charge in [-0.2, -0.15) is 0 Å². The van der Waals surface area contributed by atoms with Crippen molar-refractivity contribution in [1.29, 1.82) is 0 Å². The van der Waals surface area contributed by atoms with Crippen LogP contribution in [-0.4, -0.2) is 60.6 Å². The molecule has 1 saturated carbocycles. The van der Waals surface area contributed by atoms with Crippen LogP contribution in [0.1, 0.15) is 47.8 Å². The molecule has 1 aromatic heterocycles. The smallest absolute Gasteiger partial charge is 0.268 e. The maximum absolute atomic E-state index is 14.2. The fourth-order valence-electron chi connectivity index (χ4n) is 5.62. The van der Waals surface area contributed by atoms with E-state index in [0.717, 1.165) is 17.7 Å². The number of benzene rings is 2. The van der Waals surface area contributed by atoms with Gasteiger partial charge in [0, 0.05) is 36.0 Å². The Bertz CT molecular complexity index is 1460. The second kappa shape index (κ2) is 10.9. The number of thioether (sulfide) groups is 1. The highest BCUT2D eigenvalue weighted by molar-refractivity contribution is 8.00. The first-order chi connectivity index (χ1) is 19.5. The summed E-state index contributed by atoms with van der Waals surface area (Å²) in [6, 6.07) is 15.1. The van der Waals surface area contributed by atoms with Gasteiger partial charge in [0.15, 0.2) is 6.10 Å². The zero-order chi connectivity index (χ0) is 29.5. The molecule has 11 heteroatoms. The van der Waals surface area contributed by atoms with Gasteiger partial charge in [-0.3, -0.25) is 14.4 Å². The third kappa shape index (κ3) is 5.36. The molecule has 0 spiro atoms. The number of nitrogens with one attached hydrogen (secondary N) is 2. The van der Waals surface area contributed by atoms with Crippen LogP contribution in [0.25, 0.3) is 0 Å². The quantitative estimate of drug-likeness (QED) is 0.378. The average Bonchev–Trinajstić information content (AvgIpc) is 3.33. The molecule has 1 aliphatic carbocycles. The Kier molecular flexibility index (Phi) is 7.69. The number of aromatic nitrogens is 1. The molecular weight excluding hydrogens is 550 g/mol. The molecule has 1 unspecified atom stereocenters. The minimum absolute atomic E-state index is 0.118. The number of rotatable bonds is 8. The van der Waals surface area contributed by atoms with Gasteiger partial charge in [0.2, 0.25) is 5.91 Å². The second-order valence-corrected chi connectivity index (χ2v) is 12.7. The van der Waals surface area contributed by atoms with Crippen molar-refractivity contribution < 1.29 is 28.3 Å². The van der Waals surface area contributed by atoms with E-state index in [9.17, 15) is 28.3 Å². The lowest BCUT2D eigenvalue weighted by atomic mass is 9.96. The lowest BCUT2D eigenvalue weighted by Gasteiger charge is -2.34. The van der Waals surface area contributed by atoms with Crippen molar-refractivity contribution in [2.75, 3.05) is 5.88 Å². The highest BCUT2D eigenvalue weighted by Crippen LogP contribution is 2.54. The Hall–Kier alpha value is -3.70. The van der Waals surface area contributed by atoms with Crippen LogP contribution >= 0.6 is 11.8 Å². The normalized spacial score (nSPS) is 23.6. The van der Waals surface area contributed by atoms with Crippen molar-refractivity contribution in [1.82, 2.24) is 20.1 Å². The van der Waals surface area contributed by atoms with Crippen LogP contribution in [0.4, 0.5) is 8.78 Å². The molecule has 216 valence electrons. The van der Waals surface area contributed by atoms with E-state index in [1.165, 1.54) is 22.7 Å². The fraction of sp³-hybridized carbons (Fsp3) is 0.367. The van der Waals surface area contributed by atoms with E-state index in [4.69, 9.17) is 0 Å². The van der Waals surface area contributed by atoms with Crippen LogP contribution in [0.3, 0.4) is 0 Å². The summed E-state index contributed by atoms with van der Waals surface area (Å²) in [5.41, 5.74) is -0.329. The number of halogens is 2. The minimum atomic E-state index is -1.65. The zero-order valence-corrected chi connectivity index (χ0v) is 23.8. The number of amides is 3. The molecule has 3 amide bonds. The number of hydrogen-bond acceptors (Lipinski definition) is 5. The molecular formula is C30H32F2N4O4S. The maximum atomic E-state index is 14.2. The number of carbonyl (C=O) groups excluding carboxylic acids is 3. The monoisotopic (exact) mass is 582 g/mol. The Morgan fingerprint density at radius 1 is 1.05 bits per heavy atom. The number of aliphatic hydroxyl groups excluding tert-OH is 1. The first-order valence-corrected chi connectivity index (χ1v) is 14.3. The first-order valence-electron chi connectivity index (χ1n) is 13.3. The number of aryl methyl sites for hydroxylation is 1. The van der Waals surface area contributed by atoms with Gasteiger partial charge in [-0.25, -0.2) is 8.78 Å². The summed E-state index contributed by atoms with van der Waals surface area (Å²) in [6.07, 6.45) is 0.407. The van der Waals surface area contributed by atoms with Gasteiger partial charge in [0.25, 0.3) is 11.8 Å². The van der Waals surface area contributed by atoms with Crippen molar-refractivity contribution in [2.45, 2.75) is 55.2 Å². The predicted octanol–water partition coefficient (Wildman–Crippen LogP) is 3.32. The van der Waals surface area contributed by atoms with Gasteiger partial charge in [-0.15, -0.1) is 11.8 Å². The van der Waals surface area contributed by atoms with E-state index in [-0.39, 0.29) is 17.4 Å². The maximum Gasteiger partial charge on any atom is 0.268 e. The van der Waals surface area contributed by atoms with Crippen LogP contribution in [0, 0.1) is 11.6 Å². The molecule has 0 bridgehead atoms. The second-order valence-electron chi connectivity index (χ2n) is 11.1. The molecule has 2 heterocycles. The lowest BCUT2D eigenvalue weighted by Crippen LogP contribution is -2.59. The standard InChI is InChI=1S/C30H32F2N4O4S/c1-29(2)24(27(39)33-16-19-21(31)11-7-12-22(19)32)36(17-41-29)28(40)25(37)30(15-20(30)18-9-5-4-6-10-18)34-26(38)23-13-8-14-35(23)3/h4-14,20,24-25,37H,15-17H2,1-3H3,(H,33,39)(H,34,38)/t20?,24-,25-,30-/m1/s1. The molecule has 2 fully saturated rings. The minimum Gasteiger partial charge on any atom is -0.381 e. The first kappa shape index (κ1) is 28.8. The molecule has 2 aromatic carbocycles. The van der Waals surface area contributed by atoms with Gasteiger partial charge in [-0.1, -0.05) is 36.4 Å². The SMILES string of the molecule is Cn1cccc1C(=O)N[C@]1([C@H](O)C(=O)N2CSC(C)(C)[C@H]2C(=O)NCc2c(F)cccc2F)CC1c1ccccc1. The topological polar surface area (TPSA) is 104 Å². The summed E-state index contributed by atoms with van der Waals surface area (Å²) in [7, 11) is 1.73. The number of hydrogen-bond donors (Lipinski definition) is 3. The zero-order valence-electron chi connectivity index (χ0n) is 22.9. The molecule has 5 rings (SSSR count). The van der Waals surface area contributed by atoms with E-state index in [0.29, 0.717) is 12.1 Å². The molecule has 0 radical (unpaired) electrons. The molecule has 3 aromatic rings. The fourth-order valence-corrected chi connectivity index (χ4v) is 6.76. The van der Waals surface area contributed by atoms with Crippen LogP contribution in [0.5, 0.6) is 0 Å². The summed E-state index contributed by atoms with van der Waals surface area (Å²) >= 11 is 1.35. The summed E-state index contributed by atoms with van der Waals surface area (Å²) in [5.74, 6) is -3.51. The van der Waals surface area contributed by atoms with E-state index < -0.39 is 58.3 Å². The van der Waals surface area contributed by atoms with Crippen molar-refractivity contribution in [3.05, 3.63) is 95.3 Å². The van der Waals surface area contributed by atoms with Crippen molar-refractivity contribution >= 4 is 29.5 Å². The molecule has 2 aliphatic rings. The average molecular weight is 583 g/mol. The van der Waals surface area contributed by atoms with Gasteiger partial charge in [0.1, 0.15) is 23.4 Å². The molecule has 1 saturated heterocycles. The van der Waals surface area contributed by atoms with Gasteiger partial charge >= 0.3 is 0 Å². The lowest BCUT2D eigenvalue weighted by molar-refractivity contribution is -0.147. The highest BCUT2D eigenvalue weighted by Gasteiger charge is 2.64. The van der Waals surface area contributed by atoms with Crippen molar-refractivity contribution in [3.8, 4) is 0 Å². The van der Waals surface area contributed by atoms with Crippen LogP contribution in [0.2, 0.25) is 0 Å². The Morgan fingerprint density at radius 3 is 2.37 bits per heavy atom. The Labute approximate surface area is 241 Å². The molecule has 3 N–H and O–H groups in total. The summed E-state index contributed by atoms with van der Waals surface area (Å²) in [6.45, 7) is 3.19. The van der Waals surface area contributed by atoms with Crippen molar-refractivity contribution in [3.63, 3.8) is 0 Å². The molecule has 1 aliphatic heterocycles. The summed E-state index contributed by atoms with van der Waals surface area (Å²) in [5, 5.41) is 17.1. The van der Waals surface area contributed by atoms with Crippen molar-refractivity contribution in [2.24, 2.45) is 7.05 Å². The molecule has 4 atom stereocenters. The molecule has 8 nitrogen and oxygen atoms in total. The third-order valence-corrected chi connectivity index (χ3v) is 9.40. The van der Waals surface area contributed by atoms with E-state index in [1.54, 1.807) is 43.8 Å². The number of carbonyl (C=O) groups is 3. The Balaban J connectivity index is 1.39. The number of aliphatic hydroxyl groups is 1. The summed E-state index contributed by atoms with van der Waals surface area (Å²) < 4.78 is 29.2. The predicted molar refractivity (Wildman–Crippen MR) is 151 cm³/mol. The third-order valence-electron chi connectivity index (χ3n) is 8.03. The van der Waals surface area contributed by atoms with E-state index in [1.807, 2.05) is 30.3 Å². The number of nitrogens with zero attached hydrogens (tertiary/aromatic N) is 2. The Morgan fingerprint density at radius 2 is 1.73 bits per heavy atom. The molecule has 41 heavy (non-hydrogen) atoms. The van der Waals surface area contributed by atoms with E-state index in [2.05, 4.69) is 10.6 Å². The highest BCUT2D eigenvalue weighted by atomic mass is 32.2. The van der Waals surface area contributed by atoms with Crippen LogP contribution in [0.15, 0.2) is 66.9 Å². The largest absolute Gasteiger partial charge is 0.381 e. The van der Waals surface area contributed by atoms with Gasteiger partial charge in [0.05, 0.1) is 11.4 Å². The van der Waals surface area contributed by atoms with E-state index >= 15 is 0 Å². The van der Waals surface area contributed by atoms with Crippen LogP contribution < -0.4 is 10.6 Å². The van der Waals surface area contributed by atoms with Crippen LogP contribution in [-0.2, 0) is 23.2 Å².